The lowest BCUT2D eigenvalue weighted by Gasteiger charge is -2.32. The molecule has 2 amide bonds. The molecule has 1 rings (SSSR count). The molecule has 0 saturated carbocycles. The number of nitrogens with zero attached hydrogens (tertiary/aromatic N) is 1. The predicted molar refractivity (Wildman–Crippen MR) is 75.4 cm³/mol. The van der Waals surface area contributed by atoms with Crippen LogP contribution in [0.3, 0.4) is 0 Å². The highest BCUT2D eigenvalue weighted by Crippen LogP contribution is 2.21. The minimum Gasteiger partial charge on any atom is -0.337 e. The molecule has 1 aliphatic heterocycles. The molecule has 1 atom stereocenters. The summed E-state index contributed by atoms with van der Waals surface area (Å²) in [6.45, 7) is 9.83. The second-order valence-corrected chi connectivity index (χ2v) is 6.41. The Morgan fingerprint density at radius 3 is 2.83 bits per heavy atom. The predicted octanol–water partition coefficient (Wildman–Crippen LogP) is 2.19. The molecule has 0 spiro atoms. The summed E-state index contributed by atoms with van der Waals surface area (Å²) >= 11 is 0. The third-order valence-electron chi connectivity index (χ3n) is 3.72. The van der Waals surface area contributed by atoms with Crippen molar-refractivity contribution >= 4 is 6.03 Å². The summed E-state index contributed by atoms with van der Waals surface area (Å²) in [4.78, 5) is 14.0. The molecule has 1 heterocycles. The lowest BCUT2D eigenvalue weighted by molar-refractivity contribution is 0.164. The third-order valence-corrected chi connectivity index (χ3v) is 3.72. The first-order valence-electron chi connectivity index (χ1n) is 7.17. The Bertz CT molecular complexity index is 266. The summed E-state index contributed by atoms with van der Waals surface area (Å²) in [6, 6.07) is 0.0994. The zero-order chi connectivity index (χ0) is 13.6. The molecule has 0 aromatic carbocycles. The fraction of sp³-hybridized carbons (Fsp3) is 0.929. The SMILES string of the molecule is CC1CCCN(C(=O)NCC(C)(C)CCCN)C1. The minimum atomic E-state index is 0.0994. The van der Waals surface area contributed by atoms with Gasteiger partial charge in [-0.1, -0.05) is 20.8 Å². The van der Waals surface area contributed by atoms with Crippen LogP contribution in [0.5, 0.6) is 0 Å². The Morgan fingerprint density at radius 1 is 1.50 bits per heavy atom. The summed E-state index contributed by atoms with van der Waals surface area (Å²) in [5.74, 6) is 0.634. The molecule has 3 N–H and O–H groups in total. The standard InChI is InChI=1S/C14H29N3O/c1-12-6-4-9-17(10-12)13(18)16-11-14(2,3)7-5-8-15/h12H,4-11,15H2,1-3H3,(H,16,18). The summed E-state index contributed by atoms with van der Waals surface area (Å²) in [5.41, 5.74) is 5.66. The molecule has 106 valence electrons. The Morgan fingerprint density at radius 2 is 2.22 bits per heavy atom. The topological polar surface area (TPSA) is 58.4 Å². The van der Waals surface area contributed by atoms with Crippen LogP contribution in [0.1, 0.15) is 46.5 Å². The van der Waals surface area contributed by atoms with Gasteiger partial charge in [0.2, 0.25) is 0 Å². The third kappa shape index (κ3) is 5.25. The zero-order valence-corrected chi connectivity index (χ0v) is 12.2. The van der Waals surface area contributed by atoms with Crippen molar-refractivity contribution in [2.45, 2.75) is 46.5 Å². The van der Waals surface area contributed by atoms with Crippen LogP contribution in [0.25, 0.3) is 0 Å². The highest BCUT2D eigenvalue weighted by Gasteiger charge is 2.23. The molecule has 18 heavy (non-hydrogen) atoms. The molecule has 1 fully saturated rings. The Balaban J connectivity index is 2.31. The van der Waals surface area contributed by atoms with Crippen molar-refractivity contribution in [3.05, 3.63) is 0 Å². The average molecular weight is 255 g/mol. The summed E-state index contributed by atoms with van der Waals surface area (Å²) in [7, 11) is 0. The van der Waals surface area contributed by atoms with Crippen molar-refractivity contribution in [2.24, 2.45) is 17.1 Å². The van der Waals surface area contributed by atoms with Gasteiger partial charge in [0.05, 0.1) is 0 Å². The summed E-state index contributed by atoms with van der Waals surface area (Å²) < 4.78 is 0. The molecule has 0 radical (unpaired) electrons. The van der Waals surface area contributed by atoms with Gasteiger partial charge in [-0.15, -0.1) is 0 Å². The van der Waals surface area contributed by atoms with Crippen molar-refractivity contribution in [2.75, 3.05) is 26.2 Å². The normalized spacial score (nSPS) is 20.9. The molecule has 1 unspecified atom stereocenters. The van der Waals surface area contributed by atoms with E-state index in [1.807, 2.05) is 4.90 Å². The van der Waals surface area contributed by atoms with Crippen LogP contribution in [0.15, 0.2) is 0 Å². The van der Waals surface area contributed by atoms with Gasteiger partial charge in [-0.25, -0.2) is 4.79 Å². The molecule has 4 nitrogen and oxygen atoms in total. The number of hydrogen-bond acceptors (Lipinski definition) is 2. The molecule has 0 aromatic heterocycles. The van der Waals surface area contributed by atoms with Gasteiger partial charge in [-0.05, 0) is 43.6 Å². The van der Waals surface area contributed by atoms with Crippen LogP contribution in [-0.2, 0) is 0 Å². The van der Waals surface area contributed by atoms with Crippen LogP contribution in [0.2, 0.25) is 0 Å². The molecule has 0 aliphatic carbocycles. The van der Waals surface area contributed by atoms with E-state index in [1.165, 1.54) is 6.42 Å². The van der Waals surface area contributed by atoms with Gasteiger partial charge < -0.3 is 16.0 Å². The van der Waals surface area contributed by atoms with E-state index in [2.05, 4.69) is 26.1 Å². The number of hydrogen-bond donors (Lipinski definition) is 2. The summed E-state index contributed by atoms with van der Waals surface area (Å²) in [6.07, 6.45) is 4.45. The van der Waals surface area contributed by atoms with E-state index in [0.29, 0.717) is 5.92 Å². The van der Waals surface area contributed by atoms with Crippen molar-refractivity contribution in [3.8, 4) is 0 Å². The van der Waals surface area contributed by atoms with Crippen molar-refractivity contribution in [1.29, 1.82) is 0 Å². The van der Waals surface area contributed by atoms with E-state index in [9.17, 15) is 4.79 Å². The van der Waals surface area contributed by atoms with Crippen LogP contribution in [0, 0.1) is 11.3 Å². The van der Waals surface area contributed by atoms with Crippen LogP contribution in [-0.4, -0.2) is 37.1 Å². The van der Waals surface area contributed by atoms with Gasteiger partial charge in [0, 0.05) is 19.6 Å². The minimum absolute atomic E-state index is 0.0994. The fourth-order valence-electron chi connectivity index (χ4n) is 2.47. The number of nitrogens with two attached hydrogens (primary N) is 1. The largest absolute Gasteiger partial charge is 0.337 e. The number of piperidine rings is 1. The van der Waals surface area contributed by atoms with E-state index < -0.39 is 0 Å². The molecule has 1 saturated heterocycles. The van der Waals surface area contributed by atoms with E-state index in [-0.39, 0.29) is 11.4 Å². The van der Waals surface area contributed by atoms with Gasteiger partial charge >= 0.3 is 6.03 Å². The van der Waals surface area contributed by atoms with E-state index in [0.717, 1.165) is 45.4 Å². The number of likely N-dealkylation sites (tertiary alicyclic amines) is 1. The van der Waals surface area contributed by atoms with Crippen LogP contribution in [0.4, 0.5) is 4.79 Å². The summed E-state index contributed by atoms with van der Waals surface area (Å²) in [5, 5.41) is 3.07. The number of rotatable bonds is 5. The fourth-order valence-corrected chi connectivity index (χ4v) is 2.47. The Kier molecular flexibility index (Phi) is 5.93. The first kappa shape index (κ1) is 15.3. The highest BCUT2D eigenvalue weighted by molar-refractivity contribution is 5.74. The molecular formula is C14H29N3O. The lowest BCUT2D eigenvalue weighted by Crippen LogP contribution is -2.47. The van der Waals surface area contributed by atoms with Crippen molar-refractivity contribution in [1.82, 2.24) is 10.2 Å². The van der Waals surface area contributed by atoms with E-state index in [1.54, 1.807) is 0 Å². The highest BCUT2D eigenvalue weighted by atomic mass is 16.2. The second-order valence-electron chi connectivity index (χ2n) is 6.41. The quantitative estimate of drug-likeness (QED) is 0.791. The number of urea groups is 1. The van der Waals surface area contributed by atoms with E-state index in [4.69, 9.17) is 5.73 Å². The maximum atomic E-state index is 12.1. The molecule has 0 bridgehead atoms. The van der Waals surface area contributed by atoms with Crippen molar-refractivity contribution in [3.63, 3.8) is 0 Å². The Labute approximate surface area is 111 Å². The smallest absolute Gasteiger partial charge is 0.317 e. The van der Waals surface area contributed by atoms with Crippen LogP contribution < -0.4 is 11.1 Å². The zero-order valence-electron chi connectivity index (χ0n) is 12.2. The average Bonchev–Trinajstić information content (AvgIpc) is 2.34. The Hall–Kier alpha value is -0.770. The second kappa shape index (κ2) is 6.98. The monoisotopic (exact) mass is 255 g/mol. The lowest BCUT2D eigenvalue weighted by atomic mass is 9.88. The van der Waals surface area contributed by atoms with Gasteiger partial charge in [-0.2, -0.15) is 0 Å². The maximum Gasteiger partial charge on any atom is 0.317 e. The number of nitrogens with one attached hydrogen (secondary N) is 1. The van der Waals surface area contributed by atoms with Crippen LogP contribution >= 0.6 is 0 Å². The number of carbonyl (C=O) groups is 1. The van der Waals surface area contributed by atoms with Crippen molar-refractivity contribution < 1.29 is 4.79 Å². The molecule has 1 aliphatic rings. The van der Waals surface area contributed by atoms with Gasteiger partial charge in [0.15, 0.2) is 0 Å². The first-order valence-corrected chi connectivity index (χ1v) is 7.17. The maximum absolute atomic E-state index is 12.1. The molecule has 0 aromatic rings. The number of amides is 2. The van der Waals surface area contributed by atoms with E-state index >= 15 is 0 Å². The molecular weight excluding hydrogens is 226 g/mol. The van der Waals surface area contributed by atoms with Gasteiger partial charge in [0.25, 0.3) is 0 Å². The van der Waals surface area contributed by atoms with Gasteiger partial charge in [-0.3, -0.25) is 0 Å². The first-order chi connectivity index (χ1) is 8.44. The molecule has 4 heteroatoms. The van der Waals surface area contributed by atoms with Gasteiger partial charge in [0.1, 0.15) is 0 Å². The number of carbonyl (C=O) groups excluding carboxylic acids is 1.